The monoisotopic (exact) mass is 112 g/mol. The predicted molar refractivity (Wildman–Crippen MR) is 24.3 cm³/mol. The molecule has 0 aromatic heterocycles. The standard InChI is InChI=1S/C3H7F2P/c1-2-3-6(4)5/h2-3H2,1H3. The number of hydrogen-bond acceptors (Lipinski definition) is 0. The molecule has 0 aromatic rings. The Morgan fingerprint density at radius 3 is 2.00 bits per heavy atom. The summed E-state index contributed by atoms with van der Waals surface area (Å²) in [6.45, 7) is 1.76. The van der Waals surface area contributed by atoms with Crippen molar-refractivity contribution in [2.45, 2.75) is 13.3 Å². The molecule has 0 atom stereocenters. The van der Waals surface area contributed by atoms with Gasteiger partial charge in [-0.15, -0.1) is 0 Å². The molecular formula is C3H7F2P. The second-order valence-corrected chi connectivity index (χ2v) is 2.08. The second kappa shape index (κ2) is 3.48. The Balaban J connectivity index is 2.63. The Bertz CT molecular complexity index is 30.0. The molecule has 0 bridgehead atoms. The van der Waals surface area contributed by atoms with Crippen LogP contribution in [0.15, 0.2) is 0 Å². The molecule has 0 unspecified atom stereocenters. The van der Waals surface area contributed by atoms with Crippen LogP contribution >= 0.6 is 8.54 Å². The lowest BCUT2D eigenvalue weighted by molar-refractivity contribution is 0.735. The zero-order valence-corrected chi connectivity index (χ0v) is 4.51. The van der Waals surface area contributed by atoms with E-state index in [2.05, 4.69) is 0 Å². The fourth-order valence-electron chi connectivity index (χ4n) is 0.169. The fraction of sp³-hybridized carbons (Fsp3) is 1.00. The highest BCUT2D eigenvalue weighted by Gasteiger charge is 1.97. The smallest absolute Gasteiger partial charge is 0.189 e. The normalized spacial score (nSPS) is 10.0. The van der Waals surface area contributed by atoms with E-state index in [4.69, 9.17) is 0 Å². The van der Waals surface area contributed by atoms with Crippen molar-refractivity contribution in [2.24, 2.45) is 0 Å². The van der Waals surface area contributed by atoms with E-state index >= 15 is 0 Å². The van der Waals surface area contributed by atoms with Gasteiger partial charge in [0.2, 0.25) is 0 Å². The second-order valence-electron chi connectivity index (χ2n) is 1.03. The Kier molecular flexibility index (Phi) is 3.65. The maximum atomic E-state index is 11.1. The van der Waals surface area contributed by atoms with E-state index in [9.17, 15) is 8.39 Å². The maximum Gasteiger partial charge on any atom is 0.266 e. The van der Waals surface area contributed by atoms with Crippen LogP contribution in [-0.4, -0.2) is 6.16 Å². The molecule has 0 nitrogen and oxygen atoms in total. The maximum absolute atomic E-state index is 11.1. The molecule has 38 valence electrons. The first-order chi connectivity index (χ1) is 2.77. The molecule has 3 heteroatoms. The van der Waals surface area contributed by atoms with Crippen LogP contribution in [0.3, 0.4) is 0 Å². The Morgan fingerprint density at radius 1 is 1.50 bits per heavy atom. The largest absolute Gasteiger partial charge is 0.266 e. The first kappa shape index (κ1) is 6.29. The van der Waals surface area contributed by atoms with Crippen molar-refractivity contribution in [3.8, 4) is 0 Å². The first-order valence-corrected chi connectivity index (χ1v) is 3.17. The third kappa shape index (κ3) is 4.29. The van der Waals surface area contributed by atoms with Gasteiger partial charge in [0.1, 0.15) is 0 Å². The van der Waals surface area contributed by atoms with Crippen molar-refractivity contribution in [3.05, 3.63) is 0 Å². The van der Waals surface area contributed by atoms with E-state index in [1.54, 1.807) is 6.92 Å². The van der Waals surface area contributed by atoms with Gasteiger partial charge in [0.25, 0.3) is 8.54 Å². The topological polar surface area (TPSA) is 0 Å². The lowest BCUT2D eigenvalue weighted by atomic mass is 10.6. The van der Waals surface area contributed by atoms with E-state index in [1.165, 1.54) is 0 Å². The summed E-state index contributed by atoms with van der Waals surface area (Å²) < 4.78 is 22.2. The molecule has 0 aliphatic carbocycles. The molecule has 0 fully saturated rings. The lowest BCUT2D eigenvalue weighted by Gasteiger charge is -1.86. The van der Waals surface area contributed by atoms with Crippen LogP contribution < -0.4 is 0 Å². The van der Waals surface area contributed by atoms with Crippen LogP contribution in [0.4, 0.5) is 8.39 Å². The Morgan fingerprint density at radius 2 is 2.00 bits per heavy atom. The van der Waals surface area contributed by atoms with Crippen LogP contribution in [0.1, 0.15) is 13.3 Å². The van der Waals surface area contributed by atoms with Crippen molar-refractivity contribution in [3.63, 3.8) is 0 Å². The summed E-state index contributed by atoms with van der Waals surface area (Å²) in [4.78, 5) is 0. The molecule has 0 saturated carbocycles. The van der Waals surface area contributed by atoms with Gasteiger partial charge >= 0.3 is 0 Å². The third-order valence-corrected chi connectivity index (χ3v) is 1.18. The summed E-state index contributed by atoms with van der Waals surface area (Å²) in [7, 11) is -2.60. The van der Waals surface area contributed by atoms with E-state index in [1.807, 2.05) is 0 Å². The molecule has 0 heterocycles. The summed E-state index contributed by atoms with van der Waals surface area (Å²) in [5, 5.41) is 0. The Hall–Kier alpha value is 0.290. The molecule has 0 aliphatic rings. The quantitative estimate of drug-likeness (QED) is 0.481. The van der Waals surface area contributed by atoms with Gasteiger partial charge in [0.15, 0.2) is 0 Å². The molecule has 0 aliphatic heterocycles. The van der Waals surface area contributed by atoms with Gasteiger partial charge in [-0.1, -0.05) is 6.92 Å². The fourth-order valence-corrected chi connectivity index (χ4v) is 0.507. The summed E-state index contributed by atoms with van der Waals surface area (Å²) in [6, 6.07) is 0. The van der Waals surface area contributed by atoms with Crippen LogP contribution in [-0.2, 0) is 0 Å². The summed E-state index contributed by atoms with van der Waals surface area (Å²) >= 11 is 0. The highest BCUT2D eigenvalue weighted by Crippen LogP contribution is 2.38. The summed E-state index contributed by atoms with van der Waals surface area (Å²) in [5.74, 6) is 0. The summed E-state index contributed by atoms with van der Waals surface area (Å²) in [6.07, 6.45) is 0.716. The van der Waals surface area contributed by atoms with E-state index in [-0.39, 0.29) is 6.16 Å². The number of hydrogen-bond donors (Lipinski definition) is 0. The molecule has 0 aromatic carbocycles. The average molecular weight is 112 g/mol. The minimum Gasteiger partial charge on any atom is -0.189 e. The van der Waals surface area contributed by atoms with Gasteiger partial charge in [-0.3, -0.25) is 0 Å². The molecule has 0 radical (unpaired) electrons. The molecular weight excluding hydrogens is 105 g/mol. The van der Waals surface area contributed by atoms with Crippen LogP contribution in [0.25, 0.3) is 0 Å². The minimum absolute atomic E-state index is 0.106. The van der Waals surface area contributed by atoms with Gasteiger partial charge < -0.3 is 0 Å². The van der Waals surface area contributed by atoms with Crippen molar-refractivity contribution in [1.82, 2.24) is 0 Å². The molecule has 0 N–H and O–H groups in total. The first-order valence-electron chi connectivity index (χ1n) is 1.86. The van der Waals surface area contributed by atoms with Crippen molar-refractivity contribution in [1.29, 1.82) is 0 Å². The third-order valence-electron chi connectivity index (χ3n) is 0.393. The minimum atomic E-state index is -2.60. The lowest BCUT2D eigenvalue weighted by Crippen LogP contribution is -1.65. The van der Waals surface area contributed by atoms with Crippen molar-refractivity contribution < 1.29 is 8.39 Å². The zero-order chi connectivity index (χ0) is 4.99. The molecule has 6 heavy (non-hydrogen) atoms. The molecule has 0 saturated heterocycles. The molecule has 0 rings (SSSR count). The Labute approximate surface area is 37.5 Å². The molecule has 0 spiro atoms. The van der Waals surface area contributed by atoms with Crippen molar-refractivity contribution in [2.75, 3.05) is 6.16 Å². The summed E-state index contributed by atoms with van der Waals surface area (Å²) in [5.41, 5.74) is 0. The predicted octanol–water partition coefficient (Wildman–Crippen LogP) is 2.65. The van der Waals surface area contributed by atoms with Crippen LogP contribution in [0.5, 0.6) is 0 Å². The van der Waals surface area contributed by atoms with Gasteiger partial charge in [-0.05, 0) is 6.42 Å². The molecule has 0 amide bonds. The SMILES string of the molecule is CCCP(F)F. The zero-order valence-electron chi connectivity index (χ0n) is 3.62. The average Bonchev–Trinajstić information content (AvgIpc) is 1.35. The van der Waals surface area contributed by atoms with Crippen LogP contribution in [0.2, 0.25) is 0 Å². The van der Waals surface area contributed by atoms with Crippen molar-refractivity contribution >= 4 is 8.54 Å². The number of rotatable bonds is 2. The van der Waals surface area contributed by atoms with Crippen LogP contribution in [0, 0.1) is 0 Å². The highest BCUT2D eigenvalue weighted by molar-refractivity contribution is 7.46. The van der Waals surface area contributed by atoms with Gasteiger partial charge in [0, 0.05) is 6.16 Å². The number of halogens is 2. The van der Waals surface area contributed by atoms with E-state index in [0.717, 1.165) is 0 Å². The van der Waals surface area contributed by atoms with Gasteiger partial charge in [-0.25, -0.2) is 0 Å². The van der Waals surface area contributed by atoms with E-state index in [0.29, 0.717) is 6.42 Å². The highest BCUT2D eigenvalue weighted by atomic mass is 31.2. The van der Waals surface area contributed by atoms with Gasteiger partial charge in [0.05, 0.1) is 0 Å². The van der Waals surface area contributed by atoms with Gasteiger partial charge in [-0.2, -0.15) is 8.39 Å². The van der Waals surface area contributed by atoms with E-state index < -0.39 is 8.54 Å².